The fourth-order valence-corrected chi connectivity index (χ4v) is 3.14. The van der Waals surface area contributed by atoms with Crippen LogP contribution in [-0.2, 0) is 6.42 Å². The maximum Gasteiger partial charge on any atom is 0.123 e. The summed E-state index contributed by atoms with van der Waals surface area (Å²) in [6.07, 6.45) is 1.50. The van der Waals surface area contributed by atoms with E-state index in [1.165, 1.54) is 12.1 Å². The first-order valence-corrected chi connectivity index (χ1v) is 7.43. The van der Waals surface area contributed by atoms with Crippen LogP contribution in [0.25, 0.3) is 0 Å². The molecule has 0 saturated carbocycles. The molecule has 0 amide bonds. The van der Waals surface area contributed by atoms with Crippen LogP contribution in [0.15, 0.2) is 18.2 Å². The van der Waals surface area contributed by atoms with Gasteiger partial charge in [-0.2, -0.15) is 0 Å². The largest absolute Gasteiger partial charge is 0.207 e. The zero-order valence-electron chi connectivity index (χ0n) is 10.6. The van der Waals surface area contributed by atoms with Gasteiger partial charge in [-0.15, -0.1) is 23.2 Å². The molecular weight excluding hydrogens is 294 g/mol. The smallest absolute Gasteiger partial charge is 0.123 e. The second-order valence-corrected chi connectivity index (χ2v) is 6.22. The molecule has 0 saturated heterocycles. The molecule has 18 heavy (non-hydrogen) atoms. The van der Waals surface area contributed by atoms with Crippen molar-refractivity contribution in [1.82, 2.24) is 0 Å². The number of benzene rings is 1. The normalized spacial score (nSPS) is 12.2. The maximum absolute atomic E-state index is 13.3. The topological polar surface area (TPSA) is 0 Å². The minimum atomic E-state index is -0.281. The van der Waals surface area contributed by atoms with E-state index < -0.39 is 0 Å². The van der Waals surface area contributed by atoms with Crippen molar-refractivity contribution < 1.29 is 4.39 Å². The van der Waals surface area contributed by atoms with Crippen LogP contribution in [0.5, 0.6) is 0 Å². The predicted molar refractivity (Wildman–Crippen MR) is 78.4 cm³/mol. The van der Waals surface area contributed by atoms with E-state index in [0.29, 0.717) is 29.1 Å². The lowest BCUT2D eigenvalue weighted by Gasteiger charge is -2.32. The summed E-state index contributed by atoms with van der Waals surface area (Å²) >= 11 is 18.3. The molecule has 4 heteroatoms. The fraction of sp³-hybridized carbons (Fsp3) is 0.571. The van der Waals surface area contributed by atoms with Crippen LogP contribution in [-0.4, -0.2) is 11.8 Å². The Kier molecular flexibility index (Phi) is 6.23. The first kappa shape index (κ1) is 16.1. The van der Waals surface area contributed by atoms with Crippen LogP contribution in [0.3, 0.4) is 0 Å². The molecule has 0 atom stereocenters. The van der Waals surface area contributed by atoms with Crippen molar-refractivity contribution in [3.8, 4) is 0 Å². The molecule has 0 radical (unpaired) electrons. The molecule has 0 aromatic heterocycles. The van der Waals surface area contributed by atoms with Gasteiger partial charge in [-0.05, 0) is 42.5 Å². The van der Waals surface area contributed by atoms with E-state index in [-0.39, 0.29) is 11.2 Å². The van der Waals surface area contributed by atoms with Gasteiger partial charge < -0.3 is 0 Å². The maximum atomic E-state index is 13.3. The van der Waals surface area contributed by atoms with Gasteiger partial charge in [-0.1, -0.05) is 25.4 Å². The summed E-state index contributed by atoms with van der Waals surface area (Å²) in [7, 11) is 0. The van der Waals surface area contributed by atoms with Crippen molar-refractivity contribution in [3.05, 3.63) is 34.6 Å². The number of rotatable bonds is 6. The van der Waals surface area contributed by atoms with Gasteiger partial charge >= 0.3 is 0 Å². The van der Waals surface area contributed by atoms with Gasteiger partial charge in [0.05, 0.1) is 0 Å². The third-order valence-electron chi connectivity index (χ3n) is 2.98. The SMILES string of the molecule is CC(C)CC(CCl)(CCl)Cc1cc(F)ccc1Cl. The monoisotopic (exact) mass is 310 g/mol. The van der Waals surface area contributed by atoms with Crippen molar-refractivity contribution in [2.75, 3.05) is 11.8 Å². The van der Waals surface area contributed by atoms with Crippen LogP contribution >= 0.6 is 34.8 Å². The minimum absolute atomic E-state index is 0.227. The quantitative estimate of drug-likeness (QED) is 0.606. The summed E-state index contributed by atoms with van der Waals surface area (Å²) < 4.78 is 13.3. The highest BCUT2D eigenvalue weighted by molar-refractivity contribution is 6.31. The van der Waals surface area contributed by atoms with Gasteiger partial charge in [-0.25, -0.2) is 4.39 Å². The zero-order chi connectivity index (χ0) is 13.8. The summed E-state index contributed by atoms with van der Waals surface area (Å²) in [6, 6.07) is 4.41. The lowest BCUT2D eigenvalue weighted by molar-refractivity contribution is 0.295. The van der Waals surface area contributed by atoms with Gasteiger partial charge in [0, 0.05) is 22.2 Å². The second kappa shape index (κ2) is 6.98. The second-order valence-electron chi connectivity index (χ2n) is 5.28. The standard InChI is InChI=1S/C14H18Cl3F/c1-10(2)6-14(8-15,9-16)7-11-5-12(18)3-4-13(11)17/h3-5,10H,6-9H2,1-2H3. The Hall–Kier alpha value is 0.0200. The lowest BCUT2D eigenvalue weighted by Crippen LogP contribution is -2.30. The van der Waals surface area contributed by atoms with E-state index in [4.69, 9.17) is 34.8 Å². The third kappa shape index (κ3) is 4.29. The average molecular weight is 312 g/mol. The first-order valence-electron chi connectivity index (χ1n) is 5.98. The summed E-state index contributed by atoms with van der Waals surface area (Å²) in [5.74, 6) is 1.09. The van der Waals surface area contributed by atoms with E-state index >= 15 is 0 Å². The Morgan fingerprint density at radius 1 is 1.22 bits per heavy atom. The van der Waals surface area contributed by atoms with Gasteiger partial charge in [0.1, 0.15) is 5.82 Å². The minimum Gasteiger partial charge on any atom is -0.207 e. The third-order valence-corrected chi connectivity index (χ3v) is 4.48. The Labute approximate surface area is 123 Å². The van der Waals surface area contributed by atoms with Crippen LogP contribution in [0.1, 0.15) is 25.8 Å². The van der Waals surface area contributed by atoms with Crippen LogP contribution in [0.2, 0.25) is 5.02 Å². The van der Waals surface area contributed by atoms with E-state index in [2.05, 4.69) is 13.8 Å². The van der Waals surface area contributed by atoms with E-state index in [0.717, 1.165) is 12.0 Å². The molecule has 1 aromatic carbocycles. The molecule has 1 rings (SSSR count). The average Bonchev–Trinajstić information content (AvgIpc) is 2.32. The van der Waals surface area contributed by atoms with Crippen LogP contribution < -0.4 is 0 Å². The van der Waals surface area contributed by atoms with Crippen molar-refractivity contribution in [1.29, 1.82) is 0 Å². The fourth-order valence-electron chi connectivity index (χ4n) is 2.26. The van der Waals surface area contributed by atoms with Crippen molar-refractivity contribution in [2.24, 2.45) is 11.3 Å². The summed E-state index contributed by atoms with van der Waals surface area (Å²) in [5.41, 5.74) is 0.549. The van der Waals surface area contributed by atoms with Crippen LogP contribution in [0.4, 0.5) is 4.39 Å². The highest BCUT2D eigenvalue weighted by Crippen LogP contribution is 2.35. The molecule has 0 unspecified atom stereocenters. The molecule has 0 bridgehead atoms. The van der Waals surface area contributed by atoms with Gasteiger partial charge in [0.15, 0.2) is 0 Å². The molecule has 0 aliphatic heterocycles. The number of alkyl halides is 2. The molecular formula is C14H18Cl3F. The van der Waals surface area contributed by atoms with Crippen LogP contribution in [0, 0.1) is 17.2 Å². The zero-order valence-corrected chi connectivity index (χ0v) is 12.9. The highest BCUT2D eigenvalue weighted by Gasteiger charge is 2.30. The van der Waals surface area contributed by atoms with Crippen molar-refractivity contribution in [3.63, 3.8) is 0 Å². The molecule has 0 heterocycles. The Morgan fingerprint density at radius 2 is 1.83 bits per heavy atom. The molecule has 0 fully saturated rings. The van der Waals surface area contributed by atoms with E-state index in [1.54, 1.807) is 6.07 Å². The number of halogens is 4. The summed E-state index contributed by atoms with van der Waals surface area (Å²) in [4.78, 5) is 0. The van der Waals surface area contributed by atoms with Gasteiger partial charge in [-0.3, -0.25) is 0 Å². The molecule has 102 valence electrons. The van der Waals surface area contributed by atoms with Crippen molar-refractivity contribution >= 4 is 34.8 Å². The molecule has 0 aliphatic rings. The molecule has 0 spiro atoms. The van der Waals surface area contributed by atoms with Gasteiger partial charge in [0.25, 0.3) is 0 Å². The highest BCUT2D eigenvalue weighted by atomic mass is 35.5. The van der Waals surface area contributed by atoms with Gasteiger partial charge in [0.2, 0.25) is 0 Å². The lowest BCUT2D eigenvalue weighted by atomic mass is 9.78. The summed E-state index contributed by atoms with van der Waals surface area (Å²) in [6.45, 7) is 4.25. The molecule has 0 N–H and O–H groups in total. The molecule has 1 aromatic rings. The Morgan fingerprint density at radius 3 is 2.33 bits per heavy atom. The number of hydrogen-bond acceptors (Lipinski definition) is 0. The number of hydrogen-bond donors (Lipinski definition) is 0. The first-order chi connectivity index (χ1) is 8.42. The predicted octanol–water partition coefficient (Wildman–Crippen LogP) is 5.53. The molecule has 0 aliphatic carbocycles. The van der Waals surface area contributed by atoms with E-state index in [1.807, 2.05) is 0 Å². The summed E-state index contributed by atoms with van der Waals surface area (Å²) in [5, 5.41) is 0.569. The van der Waals surface area contributed by atoms with Crippen molar-refractivity contribution in [2.45, 2.75) is 26.7 Å². The molecule has 0 nitrogen and oxygen atoms in total. The Bertz CT molecular complexity index is 387. The van der Waals surface area contributed by atoms with E-state index in [9.17, 15) is 4.39 Å². The Balaban J connectivity index is 2.98.